The van der Waals surface area contributed by atoms with Crippen LogP contribution in [0.5, 0.6) is 0 Å². The second-order valence-electron chi connectivity index (χ2n) is 4.95. The van der Waals surface area contributed by atoms with Gasteiger partial charge < -0.3 is 10.6 Å². The number of anilines is 1. The van der Waals surface area contributed by atoms with Crippen molar-refractivity contribution in [1.29, 1.82) is 0 Å². The van der Waals surface area contributed by atoms with E-state index in [9.17, 15) is 9.18 Å². The van der Waals surface area contributed by atoms with E-state index in [-0.39, 0.29) is 11.7 Å². The lowest BCUT2D eigenvalue weighted by Gasteiger charge is -2.20. The Labute approximate surface area is 130 Å². The summed E-state index contributed by atoms with van der Waals surface area (Å²) in [5.74, 6) is -0.510. The first-order chi connectivity index (χ1) is 10.1. The molecule has 108 valence electrons. The van der Waals surface area contributed by atoms with E-state index in [0.29, 0.717) is 15.7 Å². The molecule has 5 heteroatoms. The van der Waals surface area contributed by atoms with Gasteiger partial charge in [-0.25, -0.2) is 4.39 Å². The van der Waals surface area contributed by atoms with Gasteiger partial charge in [0.1, 0.15) is 5.82 Å². The van der Waals surface area contributed by atoms with Gasteiger partial charge in [-0.2, -0.15) is 0 Å². The zero-order valence-corrected chi connectivity index (χ0v) is 12.8. The molecule has 2 N–H and O–H groups in total. The molecule has 0 fully saturated rings. The number of hydrogen-bond donors (Lipinski definition) is 2. The second-order valence-corrected chi connectivity index (χ2v) is 5.80. The Bertz CT molecular complexity index is 703. The molecule has 0 radical (unpaired) electrons. The predicted octanol–water partition coefficient (Wildman–Crippen LogP) is 3.49. The van der Waals surface area contributed by atoms with E-state index < -0.39 is 0 Å². The van der Waals surface area contributed by atoms with Crippen LogP contribution in [0.3, 0.4) is 0 Å². The Balaban J connectivity index is 1.89. The van der Waals surface area contributed by atoms with Crippen LogP contribution in [0.2, 0.25) is 0 Å². The van der Waals surface area contributed by atoms with Crippen LogP contribution in [0.15, 0.2) is 40.9 Å². The number of hydrogen-bond acceptors (Lipinski definition) is 2. The molecule has 0 atom stereocenters. The topological polar surface area (TPSA) is 41.1 Å². The van der Waals surface area contributed by atoms with Gasteiger partial charge in [0.05, 0.1) is 5.69 Å². The molecule has 1 aliphatic heterocycles. The van der Waals surface area contributed by atoms with Gasteiger partial charge in [-0.05, 0) is 64.3 Å². The number of nitrogens with one attached hydrogen (secondary N) is 2. The molecule has 2 aromatic carbocycles. The van der Waals surface area contributed by atoms with Crippen molar-refractivity contribution in [3.05, 3.63) is 63.4 Å². The molecule has 1 amide bonds. The number of halogens is 2. The summed E-state index contributed by atoms with van der Waals surface area (Å²) < 4.78 is 13.6. The van der Waals surface area contributed by atoms with Crippen molar-refractivity contribution < 1.29 is 9.18 Å². The van der Waals surface area contributed by atoms with Crippen LogP contribution in [-0.2, 0) is 13.0 Å². The molecule has 0 saturated heterocycles. The third-order valence-electron chi connectivity index (χ3n) is 3.56. The van der Waals surface area contributed by atoms with Crippen molar-refractivity contribution in [2.45, 2.75) is 13.0 Å². The van der Waals surface area contributed by atoms with Gasteiger partial charge in [-0.1, -0.05) is 12.1 Å². The molecule has 3 rings (SSSR count). The van der Waals surface area contributed by atoms with E-state index in [1.807, 2.05) is 18.2 Å². The summed E-state index contributed by atoms with van der Waals surface area (Å²) in [6, 6.07) is 9.96. The summed E-state index contributed by atoms with van der Waals surface area (Å²) in [6.07, 6.45) is 0.837. The minimum absolute atomic E-state index is 0.166. The number of fused-ring (bicyclic) bond motifs is 1. The van der Waals surface area contributed by atoms with Crippen LogP contribution >= 0.6 is 15.9 Å². The average Bonchev–Trinajstić information content (AvgIpc) is 2.49. The van der Waals surface area contributed by atoms with Crippen LogP contribution in [0.1, 0.15) is 21.5 Å². The zero-order valence-electron chi connectivity index (χ0n) is 11.2. The van der Waals surface area contributed by atoms with Crippen molar-refractivity contribution in [2.75, 3.05) is 11.9 Å². The van der Waals surface area contributed by atoms with Gasteiger partial charge in [0.2, 0.25) is 0 Å². The Kier molecular flexibility index (Phi) is 4.03. The number of amides is 1. The molecular formula is C16H14BrFN2O. The molecule has 2 aromatic rings. The highest BCUT2D eigenvalue weighted by molar-refractivity contribution is 9.10. The molecular weight excluding hydrogens is 335 g/mol. The molecule has 0 spiro atoms. The van der Waals surface area contributed by atoms with Crippen molar-refractivity contribution >= 4 is 27.5 Å². The predicted molar refractivity (Wildman–Crippen MR) is 83.9 cm³/mol. The fraction of sp³-hybridized carbons (Fsp3) is 0.188. The van der Waals surface area contributed by atoms with Crippen LogP contribution < -0.4 is 10.6 Å². The molecule has 21 heavy (non-hydrogen) atoms. The van der Waals surface area contributed by atoms with Crippen LogP contribution in [0.4, 0.5) is 10.1 Å². The third-order valence-corrected chi connectivity index (χ3v) is 4.22. The maximum Gasteiger partial charge on any atom is 0.255 e. The maximum atomic E-state index is 13.1. The lowest BCUT2D eigenvalue weighted by molar-refractivity contribution is 0.102. The van der Waals surface area contributed by atoms with Crippen LogP contribution in [0, 0.1) is 5.82 Å². The Morgan fingerprint density at radius 2 is 2.14 bits per heavy atom. The van der Waals surface area contributed by atoms with E-state index in [2.05, 4.69) is 26.6 Å². The SMILES string of the molecule is O=C(Nc1ccc(F)cc1Br)c1cccc2c1CCNC2. The molecule has 0 bridgehead atoms. The van der Waals surface area contributed by atoms with Crippen molar-refractivity contribution in [3.8, 4) is 0 Å². The van der Waals surface area contributed by atoms with E-state index in [4.69, 9.17) is 0 Å². The minimum atomic E-state index is -0.344. The quantitative estimate of drug-likeness (QED) is 0.872. The Morgan fingerprint density at radius 1 is 1.29 bits per heavy atom. The van der Waals surface area contributed by atoms with Crippen molar-refractivity contribution in [3.63, 3.8) is 0 Å². The fourth-order valence-corrected chi connectivity index (χ4v) is 2.98. The van der Waals surface area contributed by atoms with Crippen molar-refractivity contribution in [2.24, 2.45) is 0 Å². The fourth-order valence-electron chi connectivity index (χ4n) is 2.53. The van der Waals surface area contributed by atoms with Gasteiger partial charge in [0.25, 0.3) is 5.91 Å². The van der Waals surface area contributed by atoms with Gasteiger partial charge in [0.15, 0.2) is 0 Å². The largest absolute Gasteiger partial charge is 0.321 e. The molecule has 0 unspecified atom stereocenters. The molecule has 0 saturated carbocycles. The van der Waals surface area contributed by atoms with Crippen LogP contribution in [0.25, 0.3) is 0 Å². The van der Waals surface area contributed by atoms with Crippen molar-refractivity contribution in [1.82, 2.24) is 5.32 Å². The first-order valence-electron chi connectivity index (χ1n) is 6.73. The lowest BCUT2D eigenvalue weighted by atomic mass is 9.95. The standard InChI is InChI=1S/C16H14BrFN2O/c17-14-8-11(18)4-5-15(14)20-16(21)13-3-1-2-10-9-19-7-6-12(10)13/h1-5,8,19H,6-7,9H2,(H,20,21). The first-order valence-corrected chi connectivity index (χ1v) is 7.52. The smallest absolute Gasteiger partial charge is 0.255 e. The van der Waals surface area contributed by atoms with Crippen LogP contribution in [-0.4, -0.2) is 12.5 Å². The summed E-state index contributed by atoms with van der Waals surface area (Å²) in [7, 11) is 0. The minimum Gasteiger partial charge on any atom is -0.321 e. The first kappa shape index (κ1) is 14.2. The summed E-state index contributed by atoms with van der Waals surface area (Å²) >= 11 is 3.26. The second kappa shape index (κ2) is 5.95. The molecule has 1 aliphatic rings. The molecule has 0 aromatic heterocycles. The van der Waals surface area contributed by atoms with E-state index in [1.54, 1.807) is 6.07 Å². The Morgan fingerprint density at radius 3 is 2.95 bits per heavy atom. The monoisotopic (exact) mass is 348 g/mol. The number of carbonyl (C=O) groups excluding carboxylic acids is 1. The summed E-state index contributed by atoms with van der Waals surface area (Å²) in [5.41, 5.74) is 3.50. The summed E-state index contributed by atoms with van der Waals surface area (Å²) in [4.78, 5) is 12.5. The third kappa shape index (κ3) is 2.99. The highest BCUT2D eigenvalue weighted by atomic mass is 79.9. The van der Waals surface area contributed by atoms with Gasteiger partial charge in [0, 0.05) is 16.6 Å². The zero-order chi connectivity index (χ0) is 14.8. The molecule has 1 heterocycles. The highest BCUT2D eigenvalue weighted by Crippen LogP contribution is 2.25. The normalized spacial score (nSPS) is 13.6. The number of rotatable bonds is 2. The highest BCUT2D eigenvalue weighted by Gasteiger charge is 2.17. The summed E-state index contributed by atoms with van der Waals surface area (Å²) in [5, 5.41) is 6.12. The van der Waals surface area contributed by atoms with Gasteiger partial charge >= 0.3 is 0 Å². The Hall–Kier alpha value is -1.72. The van der Waals surface area contributed by atoms with Gasteiger partial charge in [-0.15, -0.1) is 0 Å². The van der Waals surface area contributed by atoms with E-state index in [0.717, 1.165) is 30.6 Å². The number of carbonyl (C=O) groups is 1. The average molecular weight is 349 g/mol. The van der Waals surface area contributed by atoms with Gasteiger partial charge in [-0.3, -0.25) is 4.79 Å². The lowest BCUT2D eigenvalue weighted by Crippen LogP contribution is -2.26. The number of benzene rings is 2. The molecule has 3 nitrogen and oxygen atoms in total. The van der Waals surface area contributed by atoms with E-state index >= 15 is 0 Å². The molecule has 0 aliphatic carbocycles. The maximum absolute atomic E-state index is 13.1. The summed E-state index contributed by atoms with van der Waals surface area (Å²) in [6.45, 7) is 1.66. The van der Waals surface area contributed by atoms with E-state index in [1.165, 1.54) is 12.1 Å².